The van der Waals surface area contributed by atoms with Gasteiger partial charge in [-0.25, -0.2) is 0 Å². The van der Waals surface area contributed by atoms with Crippen LogP contribution in [0.25, 0.3) is 0 Å². The highest BCUT2D eigenvalue weighted by Crippen LogP contribution is 2.63. The number of hydrogen-bond donors (Lipinski definition) is 1. The molecule has 0 spiro atoms. The van der Waals surface area contributed by atoms with Crippen molar-refractivity contribution in [2.24, 2.45) is 34.5 Å². The third-order valence-electron chi connectivity index (χ3n) is 9.05. The first-order chi connectivity index (χ1) is 12.2. The smallest absolute Gasteiger partial charge is 0.165 e. The third-order valence-corrected chi connectivity index (χ3v) is 9.05. The van der Waals surface area contributed by atoms with Gasteiger partial charge < -0.3 is 9.84 Å². The molecular weight excluding hydrogens is 324 g/mol. The van der Waals surface area contributed by atoms with Gasteiger partial charge in [-0.05, 0) is 81.5 Å². The Balaban J connectivity index is 1.87. The largest absolute Gasteiger partial charge is 0.365 e. The van der Waals surface area contributed by atoms with Crippen LogP contribution in [-0.4, -0.2) is 23.3 Å². The van der Waals surface area contributed by atoms with Crippen LogP contribution in [-0.2, 0) is 9.53 Å². The molecule has 0 bridgehead atoms. The van der Waals surface area contributed by atoms with Crippen molar-refractivity contribution < 1.29 is 14.6 Å². The SMILES string of the molecule is CCOC1(O)CCC2CCC3C(CC[C@](C)(C(C)=O)C3CC)C2(C)CC1. The van der Waals surface area contributed by atoms with Crippen LogP contribution in [0.15, 0.2) is 0 Å². The zero-order valence-electron chi connectivity index (χ0n) is 17.6. The lowest BCUT2D eigenvalue weighted by Crippen LogP contribution is -2.53. The van der Waals surface area contributed by atoms with E-state index in [-0.39, 0.29) is 10.8 Å². The molecule has 0 aliphatic heterocycles. The molecule has 0 amide bonds. The molecule has 3 fully saturated rings. The molecule has 7 atom stereocenters. The summed E-state index contributed by atoms with van der Waals surface area (Å²) < 4.78 is 5.76. The van der Waals surface area contributed by atoms with Gasteiger partial charge in [0.2, 0.25) is 0 Å². The maximum atomic E-state index is 12.5. The van der Waals surface area contributed by atoms with Gasteiger partial charge in [-0.2, -0.15) is 0 Å². The second-order valence-electron chi connectivity index (χ2n) is 10.00. The number of carbonyl (C=O) groups is 1. The summed E-state index contributed by atoms with van der Waals surface area (Å²) in [5, 5.41) is 10.9. The zero-order valence-corrected chi connectivity index (χ0v) is 17.6. The Morgan fingerprint density at radius 1 is 1.04 bits per heavy atom. The molecule has 3 aliphatic rings. The number of carbonyl (C=O) groups excluding carboxylic acids is 1. The molecule has 3 heteroatoms. The van der Waals surface area contributed by atoms with Crippen LogP contribution >= 0.6 is 0 Å². The summed E-state index contributed by atoms with van der Waals surface area (Å²) in [6.45, 7) is 11.4. The molecule has 6 unspecified atom stereocenters. The van der Waals surface area contributed by atoms with Crippen LogP contribution in [0.2, 0.25) is 0 Å². The van der Waals surface area contributed by atoms with E-state index in [1.54, 1.807) is 0 Å². The zero-order chi connectivity index (χ0) is 19.2. The van der Waals surface area contributed by atoms with Crippen molar-refractivity contribution in [1.29, 1.82) is 0 Å². The summed E-state index contributed by atoms with van der Waals surface area (Å²) in [5.74, 6) is 2.05. The Kier molecular flexibility index (Phi) is 5.63. The molecule has 0 aromatic rings. The number of ketones is 1. The molecule has 0 saturated heterocycles. The molecule has 0 aromatic heterocycles. The Morgan fingerprint density at radius 2 is 1.77 bits per heavy atom. The van der Waals surface area contributed by atoms with Gasteiger partial charge in [0.15, 0.2) is 5.79 Å². The number of aliphatic hydroxyl groups is 1. The maximum absolute atomic E-state index is 12.5. The highest BCUT2D eigenvalue weighted by molar-refractivity contribution is 5.82. The number of fused-ring (bicyclic) bond motifs is 3. The highest BCUT2D eigenvalue weighted by Gasteiger charge is 2.57. The predicted octanol–water partition coefficient (Wildman–Crippen LogP) is 5.35. The summed E-state index contributed by atoms with van der Waals surface area (Å²) in [7, 11) is 0. The molecule has 150 valence electrons. The van der Waals surface area contributed by atoms with Gasteiger partial charge in [0, 0.05) is 24.9 Å². The van der Waals surface area contributed by atoms with Gasteiger partial charge >= 0.3 is 0 Å². The minimum Gasteiger partial charge on any atom is -0.365 e. The Hall–Kier alpha value is -0.410. The van der Waals surface area contributed by atoms with E-state index in [2.05, 4.69) is 20.8 Å². The molecule has 3 aliphatic carbocycles. The van der Waals surface area contributed by atoms with Crippen molar-refractivity contribution in [3.63, 3.8) is 0 Å². The lowest BCUT2D eigenvalue weighted by atomic mass is 9.45. The van der Waals surface area contributed by atoms with Gasteiger partial charge in [-0.15, -0.1) is 0 Å². The molecule has 0 aromatic carbocycles. The van der Waals surface area contributed by atoms with Crippen molar-refractivity contribution in [3.05, 3.63) is 0 Å². The first kappa shape index (κ1) is 20.3. The fourth-order valence-corrected chi connectivity index (χ4v) is 7.31. The molecule has 3 rings (SSSR count). The van der Waals surface area contributed by atoms with Crippen molar-refractivity contribution in [2.75, 3.05) is 6.61 Å². The van der Waals surface area contributed by atoms with E-state index in [0.29, 0.717) is 36.1 Å². The average Bonchev–Trinajstić information content (AvgIpc) is 2.72. The van der Waals surface area contributed by atoms with Crippen LogP contribution in [0.3, 0.4) is 0 Å². The lowest BCUT2D eigenvalue weighted by molar-refractivity contribution is -0.209. The van der Waals surface area contributed by atoms with E-state index >= 15 is 0 Å². The normalized spacial score (nSPS) is 49.0. The average molecular weight is 365 g/mol. The number of rotatable bonds is 4. The van der Waals surface area contributed by atoms with Crippen molar-refractivity contribution >= 4 is 5.78 Å². The predicted molar refractivity (Wildman–Crippen MR) is 105 cm³/mol. The van der Waals surface area contributed by atoms with E-state index in [1.807, 2.05) is 13.8 Å². The lowest BCUT2D eigenvalue weighted by Gasteiger charge is -2.59. The standard InChI is InChI=1S/C23H40O3/c1-6-19-18-9-8-17-10-13-23(25,26-7-2)15-14-22(17,5)20(18)11-12-21(19,4)16(3)24/h17-20,25H,6-15H2,1-5H3/t17?,18?,19?,20?,21-,22?,23?/m1/s1. The van der Waals surface area contributed by atoms with E-state index in [4.69, 9.17) is 4.74 Å². The second kappa shape index (κ2) is 7.20. The first-order valence-electron chi connectivity index (χ1n) is 11.1. The van der Waals surface area contributed by atoms with Crippen LogP contribution < -0.4 is 0 Å². The molecule has 1 N–H and O–H groups in total. The summed E-state index contributed by atoms with van der Waals surface area (Å²) in [6.07, 6.45) is 9.53. The van der Waals surface area contributed by atoms with Crippen LogP contribution in [0.1, 0.15) is 92.4 Å². The van der Waals surface area contributed by atoms with Crippen molar-refractivity contribution in [2.45, 2.75) is 98.2 Å². The Bertz CT molecular complexity index is 532. The minimum absolute atomic E-state index is 0.129. The molecule has 0 heterocycles. The van der Waals surface area contributed by atoms with Gasteiger partial charge in [-0.3, -0.25) is 4.79 Å². The quantitative estimate of drug-likeness (QED) is 0.684. The maximum Gasteiger partial charge on any atom is 0.165 e. The molecule has 3 nitrogen and oxygen atoms in total. The molecular formula is C23H40O3. The van der Waals surface area contributed by atoms with E-state index in [0.717, 1.165) is 38.5 Å². The van der Waals surface area contributed by atoms with Crippen LogP contribution in [0.4, 0.5) is 0 Å². The number of hydrogen-bond acceptors (Lipinski definition) is 3. The monoisotopic (exact) mass is 364 g/mol. The van der Waals surface area contributed by atoms with Crippen molar-refractivity contribution in [1.82, 2.24) is 0 Å². The summed E-state index contributed by atoms with van der Waals surface area (Å²) >= 11 is 0. The highest BCUT2D eigenvalue weighted by atomic mass is 16.6. The molecule has 0 radical (unpaired) electrons. The van der Waals surface area contributed by atoms with E-state index in [9.17, 15) is 9.90 Å². The summed E-state index contributed by atoms with van der Waals surface area (Å²) in [4.78, 5) is 12.5. The van der Waals surface area contributed by atoms with E-state index < -0.39 is 5.79 Å². The second-order valence-corrected chi connectivity index (χ2v) is 10.00. The van der Waals surface area contributed by atoms with Gasteiger partial charge in [0.1, 0.15) is 5.78 Å². The molecule has 3 saturated carbocycles. The third kappa shape index (κ3) is 3.17. The Labute approximate surface area is 160 Å². The van der Waals surface area contributed by atoms with Gasteiger partial charge in [-0.1, -0.05) is 27.2 Å². The van der Waals surface area contributed by atoms with E-state index in [1.165, 1.54) is 19.3 Å². The minimum atomic E-state index is -0.919. The first-order valence-corrected chi connectivity index (χ1v) is 11.1. The van der Waals surface area contributed by atoms with Crippen LogP contribution in [0.5, 0.6) is 0 Å². The number of Topliss-reactive ketones (excluding diaryl/α,β-unsaturated/α-hetero) is 1. The van der Waals surface area contributed by atoms with Gasteiger partial charge in [0.05, 0.1) is 0 Å². The fourth-order valence-electron chi connectivity index (χ4n) is 7.31. The van der Waals surface area contributed by atoms with Crippen LogP contribution in [0, 0.1) is 34.5 Å². The summed E-state index contributed by atoms with van der Waals surface area (Å²) in [5.41, 5.74) is 0.159. The molecule has 26 heavy (non-hydrogen) atoms. The fraction of sp³-hybridized carbons (Fsp3) is 0.957. The topological polar surface area (TPSA) is 46.5 Å². The van der Waals surface area contributed by atoms with Gasteiger partial charge in [0.25, 0.3) is 0 Å². The number of ether oxygens (including phenoxy) is 1. The summed E-state index contributed by atoms with van der Waals surface area (Å²) in [6, 6.07) is 0. The van der Waals surface area contributed by atoms with Crippen molar-refractivity contribution in [3.8, 4) is 0 Å². The Morgan fingerprint density at radius 3 is 2.38 bits per heavy atom.